The van der Waals surface area contributed by atoms with Crippen LogP contribution in [0.5, 0.6) is 0 Å². The van der Waals surface area contributed by atoms with Crippen LogP contribution in [0.2, 0.25) is 0 Å². The fraction of sp³-hybridized carbons (Fsp3) is 0.875. The van der Waals surface area contributed by atoms with Crippen molar-refractivity contribution in [3.05, 3.63) is 0 Å². The van der Waals surface area contributed by atoms with Gasteiger partial charge in [0, 0.05) is 13.2 Å². The summed E-state index contributed by atoms with van der Waals surface area (Å²) in [7, 11) is 0. The molecule has 5 fully saturated rings. The number of alkyl halides is 1. The number of carbonyl (C=O) groups excluding carboxylic acids is 3. The average molecular weight is 684 g/mol. The van der Waals surface area contributed by atoms with Crippen molar-refractivity contribution in [2.24, 2.45) is 11.8 Å². The highest BCUT2D eigenvalue weighted by Gasteiger charge is 2.62. The molecule has 3 heterocycles. The quantitative estimate of drug-likeness (QED) is 0.227. The van der Waals surface area contributed by atoms with Gasteiger partial charge in [0.1, 0.15) is 23.2 Å². The van der Waals surface area contributed by atoms with Gasteiger partial charge in [0.2, 0.25) is 11.8 Å². The largest absolute Gasteiger partial charge is 0.479 e. The second-order valence-electron chi connectivity index (χ2n) is 14.9. The standard InChI is InChI=1S/C32H54ClN7O7/c1-5-46-25-14-13-19(15-22(25)33)26-36-38-40(37-26)21-16-24-27(41)35-32(29(43)44)17-20(32)11-9-7-6-8-10-12-23(28(42)39(24)18-21)34-30(45)47-31(2,3)4/h19-26,36-38H,5-18H2,1-4H3,(H,34,45)(H,35,41)(H,43,44)/t19?,20-,21-,22?,23?,24+,25?,26?,32-/m1/s1. The van der Waals surface area contributed by atoms with Crippen molar-refractivity contribution >= 4 is 35.5 Å². The molecule has 2 aliphatic carbocycles. The zero-order valence-corrected chi connectivity index (χ0v) is 28.9. The van der Waals surface area contributed by atoms with E-state index in [0.717, 1.165) is 57.8 Å². The van der Waals surface area contributed by atoms with Gasteiger partial charge in [-0.15, -0.1) is 11.6 Å². The summed E-state index contributed by atoms with van der Waals surface area (Å²) in [4.78, 5) is 55.0. The van der Waals surface area contributed by atoms with Crippen LogP contribution in [-0.2, 0) is 23.9 Å². The highest BCUT2D eigenvalue weighted by Crippen LogP contribution is 2.47. The number of aliphatic carboxylic acids is 1. The van der Waals surface area contributed by atoms with Crippen LogP contribution in [0.1, 0.15) is 105 Å². The van der Waals surface area contributed by atoms with Crippen LogP contribution < -0.4 is 27.0 Å². The van der Waals surface area contributed by atoms with Crippen molar-refractivity contribution < 1.29 is 33.8 Å². The molecular formula is C32H54ClN7O7. The summed E-state index contributed by atoms with van der Waals surface area (Å²) in [5, 5.41) is 17.5. The lowest BCUT2D eigenvalue weighted by Gasteiger charge is -2.35. The summed E-state index contributed by atoms with van der Waals surface area (Å²) in [5.74, 6) is -1.81. The van der Waals surface area contributed by atoms with E-state index in [2.05, 4.69) is 27.0 Å². The van der Waals surface area contributed by atoms with E-state index in [1.807, 2.05) is 6.92 Å². The van der Waals surface area contributed by atoms with Gasteiger partial charge in [0.25, 0.3) is 0 Å². The first-order chi connectivity index (χ1) is 22.3. The number of hydrogen-bond acceptors (Lipinski definition) is 10. The number of nitrogens with one attached hydrogen (secondary N) is 5. The molecule has 3 amide bonds. The molecule has 0 radical (unpaired) electrons. The lowest BCUT2D eigenvalue weighted by molar-refractivity contribution is -0.146. The molecular weight excluding hydrogens is 630 g/mol. The van der Waals surface area contributed by atoms with Gasteiger partial charge in [0.15, 0.2) is 0 Å². The van der Waals surface area contributed by atoms with E-state index in [0.29, 0.717) is 19.4 Å². The molecule has 3 saturated heterocycles. The number of fused-ring (bicyclic) bond motifs is 2. The summed E-state index contributed by atoms with van der Waals surface area (Å²) >= 11 is 6.67. The lowest BCUT2D eigenvalue weighted by atomic mass is 9.85. The number of ether oxygens (including phenoxy) is 2. The Morgan fingerprint density at radius 3 is 2.47 bits per heavy atom. The maximum absolute atomic E-state index is 14.3. The molecule has 2 saturated carbocycles. The van der Waals surface area contributed by atoms with E-state index in [1.54, 1.807) is 25.9 Å². The molecule has 266 valence electrons. The molecule has 5 unspecified atom stereocenters. The van der Waals surface area contributed by atoms with Crippen LogP contribution in [0.4, 0.5) is 4.79 Å². The van der Waals surface area contributed by atoms with Crippen LogP contribution in [0, 0.1) is 11.8 Å². The fourth-order valence-corrected chi connectivity index (χ4v) is 8.14. The number of rotatable bonds is 6. The number of alkyl carbamates (subject to hydrolysis) is 1. The number of carboxylic acids is 1. The van der Waals surface area contributed by atoms with Crippen LogP contribution in [-0.4, -0.2) is 99.1 Å². The second-order valence-corrected chi connectivity index (χ2v) is 15.5. The molecule has 9 atom stereocenters. The summed E-state index contributed by atoms with van der Waals surface area (Å²) in [6.07, 6.45) is 7.92. The molecule has 15 heteroatoms. The Balaban J connectivity index is 1.33. The van der Waals surface area contributed by atoms with Gasteiger partial charge in [-0.25, -0.2) is 20.4 Å². The van der Waals surface area contributed by atoms with Crippen LogP contribution in [0.3, 0.4) is 0 Å². The van der Waals surface area contributed by atoms with E-state index in [1.165, 1.54) is 4.90 Å². The normalized spacial score (nSPS) is 37.6. The van der Waals surface area contributed by atoms with Crippen LogP contribution >= 0.6 is 11.6 Å². The Bertz CT molecular complexity index is 1160. The van der Waals surface area contributed by atoms with E-state index < -0.39 is 41.2 Å². The SMILES string of the molecule is CCOC1CCC(C2NNN([C@@H]3C[C@H]4C(=O)N[C@]5(C(=O)O)C[C@H]5CCCCCCCC(NC(=O)OC(C)(C)C)C(=O)N4C3)N2)CC1Cl. The van der Waals surface area contributed by atoms with Crippen molar-refractivity contribution in [1.29, 1.82) is 0 Å². The minimum Gasteiger partial charge on any atom is -0.479 e. The lowest BCUT2D eigenvalue weighted by Crippen LogP contribution is -2.56. The summed E-state index contributed by atoms with van der Waals surface area (Å²) in [6, 6.07) is -2.14. The number of halogens is 1. The Morgan fingerprint density at radius 1 is 1.06 bits per heavy atom. The monoisotopic (exact) mass is 683 g/mol. The van der Waals surface area contributed by atoms with Crippen LogP contribution in [0.15, 0.2) is 0 Å². The molecule has 47 heavy (non-hydrogen) atoms. The van der Waals surface area contributed by atoms with Gasteiger partial charge in [-0.3, -0.25) is 9.59 Å². The smallest absolute Gasteiger partial charge is 0.408 e. The summed E-state index contributed by atoms with van der Waals surface area (Å²) in [5.41, 5.74) is 7.92. The molecule has 0 bridgehead atoms. The van der Waals surface area contributed by atoms with Gasteiger partial charge in [-0.05, 0) is 84.5 Å². The molecule has 5 rings (SSSR count). The molecule has 0 aromatic carbocycles. The molecule has 5 aliphatic rings. The number of hydrogen-bond donors (Lipinski definition) is 6. The van der Waals surface area contributed by atoms with E-state index in [-0.39, 0.29) is 54.4 Å². The van der Waals surface area contributed by atoms with Crippen LogP contribution in [0.25, 0.3) is 0 Å². The highest BCUT2D eigenvalue weighted by molar-refractivity contribution is 6.21. The number of hydrazine groups is 3. The predicted octanol–water partition coefficient (Wildman–Crippen LogP) is 2.52. The van der Waals surface area contributed by atoms with Crippen molar-refractivity contribution in [1.82, 2.24) is 37.0 Å². The fourth-order valence-electron chi connectivity index (χ4n) is 7.72. The molecule has 0 spiro atoms. The van der Waals surface area contributed by atoms with Crippen molar-refractivity contribution in [3.63, 3.8) is 0 Å². The maximum Gasteiger partial charge on any atom is 0.408 e. The zero-order valence-electron chi connectivity index (χ0n) is 28.2. The third-order valence-electron chi connectivity index (χ3n) is 10.3. The van der Waals surface area contributed by atoms with E-state index >= 15 is 0 Å². The van der Waals surface area contributed by atoms with Crippen molar-refractivity contribution in [2.75, 3.05) is 13.2 Å². The molecule has 3 aliphatic heterocycles. The van der Waals surface area contributed by atoms with Crippen molar-refractivity contribution in [3.8, 4) is 0 Å². The Kier molecular flexibility index (Phi) is 11.6. The average Bonchev–Trinajstić information content (AvgIpc) is 3.32. The minimum absolute atomic E-state index is 0.0356. The van der Waals surface area contributed by atoms with Gasteiger partial charge in [0.05, 0.1) is 23.7 Å². The van der Waals surface area contributed by atoms with E-state index in [4.69, 9.17) is 21.1 Å². The third kappa shape index (κ3) is 8.69. The maximum atomic E-state index is 14.3. The number of carboxylic acid groups (broad SMARTS) is 1. The van der Waals surface area contributed by atoms with Gasteiger partial charge >= 0.3 is 12.1 Å². The highest BCUT2D eigenvalue weighted by atomic mass is 35.5. The topological polar surface area (TPSA) is 174 Å². The minimum atomic E-state index is -1.31. The van der Waals surface area contributed by atoms with Gasteiger partial charge < -0.3 is 30.1 Å². The number of nitrogens with zero attached hydrogens (tertiary/aromatic N) is 2. The van der Waals surface area contributed by atoms with Gasteiger partial charge in [-0.2, -0.15) is 10.7 Å². The summed E-state index contributed by atoms with van der Waals surface area (Å²) in [6.45, 7) is 8.07. The summed E-state index contributed by atoms with van der Waals surface area (Å²) < 4.78 is 11.3. The van der Waals surface area contributed by atoms with Gasteiger partial charge in [-0.1, -0.05) is 32.1 Å². The van der Waals surface area contributed by atoms with E-state index in [9.17, 15) is 24.3 Å². The number of carbonyl (C=O) groups is 4. The molecule has 6 N–H and O–H groups in total. The first-order valence-corrected chi connectivity index (χ1v) is 17.9. The zero-order chi connectivity index (χ0) is 33.9. The first kappa shape index (κ1) is 36.1. The molecule has 14 nitrogen and oxygen atoms in total. The second kappa shape index (κ2) is 15.1. The van der Waals surface area contributed by atoms with Crippen molar-refractivity contribution in [2.45, 2.75) is 152 Å². The molecule has 0 aromatic rings. The molecule has 0 aromatic heterocycles. The predicted molar refractivity (Wildman–Crippen MR) is 173 cm³/mol. The number of amides is 3. The Hall–Kier alpha value is -2.23. The first-order valence-electron chi connectivity index (χ1n) is 17.5. The Morgan fingerprint density at radius 2 is 1.79 bits per heavy atom. The Labute approximate surface area is 282 Å². The third-order valence-corrected chi connectivity index (χ3v) is 10.8.